The zero-order valence-electron chi connectivity index (χ0n) is 30.0. The molecule has 9 aromatic rings. The summed E-state index contributed by atoms with van der Waals surface area (Å²) in [7, 11) is 0. The van der Waals surface area contributed by atoms with Gasteiger partial charge in [0.05, 0.1) is 11.0 Å². The standard InChI is InChI=1S/C50H35N5/c1-4-13-37(14-5-1)47-52-48(38-15-6-2-7-16-38)54-49(53-47)39-28-25-36(26-29-39)43-20-12-17-35-27-32-41(33-44(35)43)34-23-30-40(31-24-34)50-51-45-21-10-11-22-46(45)55(50)42-18-8-3-9-19-42/h1,3-6,8-33H,2,7H2. The first kappa shape index (κ1) is 32.4. The van der Waals surface area contributed by atoms with Crippen molar-refractivity contribution in [3.63, 3.8) is 0 Å². The Balaban J connectivity index is 0.987. The molecule has 0 saturated carbocycles. The maximum Gasteiger partial charge on any atom is 0.164 e. The highest BCUT2D eigenvalue weighted by Gasteiger charge is 2.16. The Morgan fingerprint density at radius 1 is 0.436 bits per heavy atom. The molecular formula is C50H35N5. The van der Waals surface area contributed by atoms with Crippen LogP contribution in [0, 0.1) is 0 Å². The van der Waals surface area contributed by atoms with Crippen molar-refractivity contribution in [3.05, 3.63) is 194 Å². The summed E-state index contributed by atoms with van der Waals surface area (Å²) < 4.78 is 2.24. The summed E-state index contributed by atoms with van der Waals surface area (Å²) in [6.07, 6.45) is 8.54. The molecule has 0 unspecified atom stereocenters. The van der Waals surface area contributed by atoms with E-state index in [0.717, 1.165) is 74.3 Å². The fourth-order valence-corrected chi connectivity index (χ4v) is 7.50. The largest absolute Gasteiger partial charge is 0.292 e. The number of nitrogens with zero attached hydrogens (tertiary/aromatic N) is 5. The van der Waals surface area contributed by atoms with E-state index in [2.05, 4.69) is 150 Å². The molecule has 1 aliphatic carbocycles. The predicted octanol–water partition coefficient (Wildman–Crippen LogP) is 12.4. The minimum Gasteiger partial charge on any atom is -0.292 e. The second kappa shape index (κ2) is 14.0. The number of allylic oxidation sites excluding steroid dienone is 4. The van der Waals surface area contributed by atoms with Gasteiger partial charge in [0.15, 0.2) is 17.5 Å². The molecule has 260 valence electrons. The van der Waals surface area contributed by atoms with E-state index in [4.69, 9.17) is 19.9 Å². The van der Waals surface area contributed by atoms with Crippen LogP contribution in [0.3, 0.4) is 0 Å². The molecule has 5 heteroatoms. The highest BCUT2D eigenvalue weighted by molar-refractivity contribution is 5.99. The van der Waals surface area contributed by atoms with Crippen LogP contribution in [0.1, 0.15) is 18.7 Å². The van der Waals surface area contributed by atoms with E-state index in [1.807, 2.05) is 42.5 Å². The minimum atomic E-state index is 0.665. The molecule has 0 N–H and O–H groups in total. The summed E-state index contributed by atoms with van der Waals surface area (Å²) in [5.41, 5.74) is 11.8. The van der Waals surface area contributed by atoms with Crippen LogP contribution in [0.25, 0.3) is 89.5 Å². The topological polar surface area (TPSA) is 56.5 Å². The van der Waals surface area contributed by atoms with Crippen LogP contribution in [0.2, 0.25) is 0 Å². The predicted molar refractivity (Wildman–Crippen MR) is 225 cm³/mol. The Labute approximate surface area is 319 Å². The molecule has 2 heterocycles. The lowest BCUT2D eigenvalue weighted by atomic mass is 9.94. The second-order valence-corrected chi connectivity index (χ2v) is 13.8. The Hall–Kier alpha value is -7.24. The Bertz CT molecular complexity index is 2890. The Morgan fingerprint density at radius 3 is 1.84 bits per heavy atom. The lowest BCUT2D eigenvalue weighted by molar-refractivity contribution is 1.01. The van der Waals surface area contributed by atoms with Crippen LogP contribution in [-0.4, -0.2) is 24.5 Å². The van der Waals surface area contributed by atoms with Crippen LogP contribution in [0.15, 0.2) is 188 Å². The molecular weight excluding hydrogens is 671 g/mol. The third-order valence-corrected chi connectivity index (χ3v) is 10.3. The van der Waals surface area contributed by atoms with Crippen LogP contribution in [0.5, 0.6) is 0 Å². The van der Waals surface area contributed by atoms with Gasteiger partial charge in [-0.15, -0.1) is 0 Å². The molecule has 0 aliphatic heterocycles. The van der Waals surface area contributed by atoms with Gasteiger partial charge < -0.3 is 0 Å². The molecule has 0 fully saturated rings. The molecule has 2 aromatic heterocycles. The normalized spacial score (nSPS) is 12.6. The molecule has 0 saturated heterocycles. The molecule has 10 rings (SSSR count). The smallest absolute Gasteiger partial charge is 0.164 e. The van der Waals surface area contributed by atoms with Crippen molar-refractivity contribution in [3.8, 4) is 62.1 Å². The van der Waals surface area contributed by atoms with E-state index < -0.39 is 0 Å². The number of hydrogen-bond acceptors (Lipinski definition) is 4. The Kier molecular flexibility index (Phi) is 8.23. The van der Waals surface area contributed by atoms with Crippen LogP contribution in [0.4, 0.5) is 0 Å². The van der Waals surface area contributed by atoms with E-state index in [9.17, 15) is 0 Å². The molecule has 0 bridgehead atoms. The van der Waals surface area contributed by atoms with Gasteiger partial charge in [-0.25, -0.2) is 19.9 Å². The molecule has 0 spiro atoms. The lowest BCUT2D eigenvalue weighted by Crippen LogP contribution is -2.03. The van der Waals surface area contributed by atoms with Crippen LogP contribution >= 0.6 is 0 Å². The van der Waals surface area contributed by atoms with Crippen molar-refractivity contribution in [2.24, 2.45) is 0 Å². The lowest BCUT2D eigenvalue weighted by Gasteiger charge is -2.12. The third-order valence-electron chi connectivity index (χ3n) is 10.3. The summed E-state index contributed by atoms with van der Waals surface area (Å²) in [6.45, 7) is 0. The summed E-state index contributed by atoms with van der Waals surface area (Å²) in [5, 5.41) is 2.40. The molecule has 1 aliphatic rings. The number of fused-ring (bicyclic) bond motifs is 2. The maximum atomic E-state index is 5.06. The maximum absolute atomic E-state index is 5.06. The highest BCUT2D eigenvalue weighted by atomic mass is 15.1. The number of para-hydroxylation sites is 3. The minimum absolute atomic E-state index is 0.665. The molecule has 0 amide bonds. The first-order valence-electron chi connectivity index (χ1n) is 18.7. The van der Waals surface area contributed by atoms with Crippen LogP contribution in [-0.2, 0) is 0 Å². The first-order chi connectivity index (χ1) is 27.2. The SMILES string of the molecule is C1=CC(c2nc(-c3ccccc3)nc(-c3ccc(-c4cccc5ccc(-c6ccc(-c7nc8ccccc8n7-c7ccccc7)cc6)cc45)cc3)n2)=CCC1. The average molecular weight is 706 g/mol. The molecule has 5 nitrogen and oxygen atoms in total. The van der Waals surface area contributed by atoms with Gasteiger partial charge in [-0.1, -0.05) is 158 Å². The zero-order valence-corrected chi connectivity index (χ0v) is 30.0. The number of aromatic nitrogens is 5. The summed E-state index contributed by atoms with van der Waals surface area (Å²) in [5.74, 6) is 2.97. The van der Waals surface area contributed by atoms with Crippen molar-refractivity contribution in [1.29, 1.82) is 0 Å². The van der Waals surface area contributed by atoms with Crippen molar-refractivity contribution in [2.75, 3.05) is 0 Å². The molecule has 0 atom stereocenters. The van der Waals surface area contributed by atoms with E-state index in [1.165, 1.54) is 16.3 Å². The van der Waals surface area contributed by atoms with Crippen molar-refractivity contribution < 1.29 is 0 Å². The first-order valence-corrected chi connectivity index (χ1v) is 18.7. The Morgan fingerprint density at radius 2 is 1.07 bits per heavy atom. The van der Waals surface area contributed by atoms with E-state index in [0.29, 0.717) is 17.5 Å². The van der Waals surface area contributed by atoms with Crippen molar-refractivity contribution in [1.82, 2.24) is 24.5 Å². The van der Waals surface area contributed by atoms with Gasteiger partial charge in [0.25, 0.3) is 0 Å². The van der Waals surface area contributed by atoms with Gasteiger partial charge in [-0.3, -0.25) is 4.57 Å². The quantitative estimate of drug-likeness (QED) is 0.166. The summed E-state index contributed by atoms with van der Waals surface area (Å²) in [4.78, 5) is 19.9. The van der Waals surface area contributed by atoms with Crippen molar-refractivity contribution in [2.45, 2.75) is 12.8 Å². The van der Waals surface area contributed by atoms with Gasteiger partial charge in [-0.2, -0.15) is 0 Å². The van der Waals surface area contributed by atoms with Crippen LogP contribution < -0.4 is 0 Å². The monoisotopic (exact) mass is 705 g/mol. The fraction of sp³-hybridized carbons (Fsp3) is 0.0400. The summed E-state index contributed by atoms with van der Waals surface area (Å²) in [6, 6.07) is 59.5. The summed E-state index contributed by atoms with van der Waals surface area (Å²) >= 11 is 0. The molecule has 0 radical (unpaired) electrons. The van der Waals surface area contributed by atoms with Gasteiger partial charge in [0.1, 0.15) is 5.82 Å². The van der Waals surface area contributed by atoms with E-state index >= 15 is 0 Å². The number of hydrogen-bond donors (Lipinski definition) is 0. The molecule has 55 heavy (non-hydrogen) atoms. The highest BCUT2D eigenvalue weighted by Crippen LogP contribution is 2.35. The van der Waals surface area contributed by atoms with E-state index in [-0.39, 0.29) is 0 Å². The number of rotatable bonds is 7. The van der Waals surface area contributed by atoms with Gasteiger partial charge in [-0.05, 0) is 76.2 Å². The zero-order chi connectivity index (χ0) is 36.6. The molecule has 7 aromatic carbocycles. The fourth-order valence-electron chi connectivity index (χ4n) is 7.50. The van der Waals surface area contributed by atoms with Gasteiger partial charge in [0.2, 0.25) is 0 Å². The van der Waals surface area contributed by atoms with Gasteiger partial charge >= 0.3 is 0 Å². The number of benzene rings is 7. The third kappa shape index (κ3) is 6.22. The average Bonchev–Trinajstić information content (AvgIpc) is 3.67. The van der Waals surface area contributed by atoms with E-state index in [1.54, 1.807) is 0 Å². The van der Waals surface area contributed by atoms with Crippen molar-refractivity contribution >= 4 is 27.4 Å². The second-order valence-electron chi connectivity index (χ2n) is 13.8. The number of imidazole rings is 1. The van der Waals surface area contributed by atoms with Gasteiger partial charge in [0, 0.05) is 28.0 Å².